The molecule has 0 saturated carbocycles. The van der Waals surface area contributed by atoms with Crippen molar-refractivity contribution in [3.63, 3.8) is 0 Å². The molecule has 114 valence electrons. The quantitative estimate of drug-likeness (QED) is 0.853. The van der Waals surface area contributed by atoms with Gasteiger partial charge in [-0.2, -0.15) is 0 Å². The van der Waals surface area contributed by atoms with Crippen LogP contribution in [0.2, 0.25) is 0 Å². The number of ether oxygens (including phenoxy) is 2. The van der Waals surface area contributed by atoms with Crippen molar-refractivity contribution in [3.05, 3.63) is 60.2 Å². The second-order valence-electron chi connectivity index (χ2n) is 5.58. The summed E-state index contributed by atoms with van der Waals surface area (Å²) in [5, 5.41) is 0. The minimum Gasteiger partial charge on any atom is -0.344 e. The number of aromatic nitrogens is 1. The van der Waals surface area contributed by atoms with Gasteiger partial charge in [0.15, 0.2) is 5.79 Å². The van der Waals surface area contributed by atoms with Gasteiger partial charge in [-0.3, -0.25) is 4.98 Å². The van der Waals surface area contributed by atoms with Crippen LogP contribution in [0.3, 0.4) is 0 Å². The molecule has 3 nitrogen and oxygen atoms in total. The standard InChI is InChI=1S/C18H18FNO2/c1-12(2)16-5-4-13(9-17(16)19)14-8-15(11-20-10-14)18(3)21-6-7-22-18/h4-5,8-11H,1,6-7H2,2-3H3. The molecule has 0 atom stereocenters. The molecule has 0 aliphatic carbocycles. The molecular weight excluding hydrogens is 281 g/mol. The predicted molar refractivity (Wildman–Crippen MR) is 83.6 cm³/mol. The van der Waals surface area contributed by atoms with Crippen LogP contribution in [0.25, 0.3) is 16.7 Å². The average Bonchev–Trinajstić information content (AvgIpc) is 2.95. The van der Waals surface area contributed by atoms with E-state index in [9.17, 15) is 4.39 Å². The van der Waals surface area contributed by atoms with Crippen LogP contribution in [0, 0.1) is 5.82 Å². The van der Waals surface area contributed by atoms with E-state index >= 15 is 0 Å². The summed E-state index contributed by atoms with van der Waals surface area (Å²) >= 11 is 0. The third-order valence-electron chi connectivity index (χ3n) is 3.86. The zero-order valence-electron chi connectivity index (χ0n) is 12.7. The number of halogens is 1. The Labute approximate surface area is 129 Å². The summed E-state index contributed by atoms with van der Waals surface area (Å²) in [4.78, 5) is 4.24. The summed E-state index contributed by atoms with van der Waals surface area (Å²) in [6.45, 7) is 8.55. The normalized spacial score (nSPS) is 16.7. The molecule has 22 heavy (non-hydrogen) atoms. The zero-order valence-corrected chi connectivity index (χ0v) is 12.7. The molecule has 1 aromatic carbocycles. The van der Waals surface area contributed by atoms with E-state index in [2.05, 4.69) is 11.6 Å². The lowest BCUT2D eigenvalue weighted by atomic mass is 9.99. The first-order chi connectivity index (χ1) is 10.5. The molecule has 1 aromatic heterocycles. The highest BCUT2D eigenvalue weighted by Crippen LogP contribution is 2.33. The maximum absolute atomic E-state index is 14.1. The number of hydrogen-bond acceptors (Lipinski definition) is 3. The fraction of sp³-hybridized carbons (Fsp3) is 0.278. The minimum absolute atomic E-state index is 0.282. The number of hydrogen-bond donors (Lipinski definition) is 0. The van der Waals surface area contributed by atoms with E-state index in [4.69, 9.17) is 9.47 Å². The van der Waals surface area contributed by atoms with E-state index < -0.39 is 5.79 Å². The molecule has 1 fully saturated rings. The van der Waals surface area contributed by atoms with Gasteiger partial charge in [0.1, 0.15) is 5.82 Å². The SMILES string of the molecule is C=C(C)c1ccc(-c2cncc(C3(C)OCCO3)c2)cc1F. The lowest BCUT2D eigenvalue weighted by molar-refractivity contribution is -0.149. The van der Waals surface area contributed by atoms with Gasteiger partial charge in [0.05, 0.1) is 13.2 Å². The first-order valence-corrected chi connectivity index (χ1v) is 7.19. The molecule has 0 spiro atoms. The van der Waals surface area contributed by atoms with E-state index in [1.807, 2.05) is 19.1 Å². The van der Waals surface area contributed by atoms with Crippen molar-refractivity contribution in [2.75, 3.05) is 13.2 Å². The first kappa shape index (κ1) is 14.9. The largest absolute Gasteiger partial charge is 0.344 e. The van der Waals surface area contributed by atoms with Crippen molar-refractivity contribution in [2.45, 2.75) is 19.6 Å². The Balaban J connectivity index is 1.99. The summed E-state index contributed by atoms with van der Waals surface area (Å²) in [5.74, 6) is -1.06. The fourth-order valence-corrected chi connectivity index (χ4v) is 2.57. The number of pyridine rings is 1. The van der Waals surface area contributed by atoms with Crippen LogP contribution in [0.4, 0.5) is 4.39 Å². The van der Waals surface area contributed by atoms with Gasteiger partial charge in [-0.25, -0.2) is 4.39 Å². The average molecular weight is 299 g/mol. The van der Waals surface area contributed by atoms with Crippen LogP contribution in [0.1, 0.15) is 25.0 Å². The number of rotatable bonds is 3. The molecule has 1 aliphatic heterocycles. The summed E-state index contributed by atoms with van der Waals surface area (Å²) in [7, 11) is 0. The maximum atomic E-state index is 14.1. The Morgan fingerprint density at radius 1 is 1.18 bits per heavy atom. The van der Waals surface area contributed by atoms with Gasteiger partial charge in [0, 0.05) is 29.1 Å². The third kappa shape index (κ3) is 2.67. The van der Waals surface area contributed by atoms with E-state index in [-0.39, 0.29) is 5.82 Å². The summed E-state index contributed by atoms with van der Waals surface area (Å²) < 4.78 is 25.4. The lowest BCUT2D eigenvalue weighted by Crippen LogP contribution is -2.22. The molecule has 2 heterocycles. The van der Waals surface area contributed by atoms with Crippen molar-refractivity contribution in [1.82, 2.24) is 4.98 Å². The molecule has 0 unspecified atom stereocenters. The molecule has 0 bridgehead atoms. The predicted octanol–water partition coefficient (Wildman–Crippen LogP) is 4.14. The number of benzene rings is 1. The molecule has 1 aliphatic rings. The van der Waals surface area contributed by atoms with Crippen molar-refractivity contribution >= 4 is 5.57 Å². The molecule has 0 N–H and O–H groups in total. The molecule has 1 saturated heterocycles. The summed E-state index contributed by atoms with van der Waals surface area (Å²) in [5.41, 5.74) is 3.65. The third-order valence-corrected chi connectivity index (χ3v) is 3.86. The molecule has 0 radical (unpaired) electrons. The summed E-state index contributed by atoms with van der Waals surface area (Å²) in [6.07, 6.45) is 3.42. The van der Waals surface area contributed by atoms with Crippen molar-refractivity contribution in [2.24, 2.45) is 0 Å². The molecule has 3 rings (SSSR count). The number of allylic oxidation sites excluding steroid dienone is 1. The summed E-state index contributed by atoms with van der Waals surface area (Å²) in [6, 6.07) is 7.04. The highest BCUT2D eigenvalue weighted by atomic mass is 19.1. The topological polar surface area (TPSA) is 31.4 Å². The lowest BCUT2D eigenvalue weighted by Gasteiger charge is -2.22. The Morgan fingerprint density at radius 3 is 2.55 bits per heavy atom. The zero-order chi connectivity index (χ0) is 15.7. The Bertz CT molecular complexity index is 721. The van der Waals surface area contributed by atoms with Crippen molar-refractivity contribution in [1.29, 1.82) is 0 Å². The van der Waals surface area contributed by atoms with Crippen LogP contribution in [0.5, 0.6) is 0 Å². The van der Waals surface area contributed by atoms with Gasteiger partial charge < -0.3 is 9.47 Å². The van der Waals surface area contributed by atoms with Gasteiger partial charge in [-0.05, 0) is 37.1 Å². The Hall–Kier alpha value is -2.04. The van der Waals surface area contributed by atoms with Gasteiger partial charge in [0.25, 0.3) is 0 Å². The smallest absolute Gasteiger partial charge is 0.193 e. The van der Waals surface area contributed by atoms with E-state index in [0.717, 1.165) is 16.7 Å². The Morgan fingerprint density at radius 2 is 1.91 bits per heavy atom. The second-order valence-corrected chi connectivity index (χ2v) is 5.58. The van der Waals surface area contributed by atoms with Crippen LogP contribution in [0.15, 0.2) is 43.2 Å². The van der Waals surface area contributed by atoms with Crippen LogP contribution >= 0.6 is 0 Å². The van der Waals surface area contributed by atoms with E-state index in [1.165, 1.54) is 6.07 Å². The van der Waals surface area contributed by atoms with E-state index in [1.54, 1.807) is 25.4 Å². The minimum atomic E-state index is -0.779. The maximum Gasteiger partial charge on any atom is 0.193 e. The molecular formula is C18H18FNO2. The second kappa shape index (κ2) is 5.63. The highest BCUT2D eigenvalue weighted by molar-refractivity contribution is 5.69. The van der Waals surface area contributed by atoms with Crippen LogP contribution < -0.4 is 0 Å². The first-order valence-electron chi connectivity index (χ1n) is 7.19. The Kier molecular flexibility index (Phi) is 3.81. The van der Waals surface area contributed by atoms with Gasteiger partial charge >= 0.3 is 0 Å². The van der Waals surface area contributed by atoms with Crippen LogP contribution in [-0.4, -0.2) is 18.2 Å². The monoisotopic (exact) mass is 299 g/mol. The fourth-order valence-electron chi connectivity index (χ4n) is 2.57. The van der Waals surface area contributed by atoms with Crippen LogP contribution in [-0.2, 0) is 15.3 Å². The molecule has 4 heteroatoms. The van der Waals surface area contributed by atoms with Crippen molar-refractivity contribution < 1.29 is 13.9 Å². The number of nitrogens with zero attached hydrogens (tertiary/aromatic N) is 1. The highest BCUT2D eigenvalue weighted by Gasteiger charge is 2.33. The van der Waals surface area contributed by atoms with Crippen molar-refractivity contribution in [3.8, 4) is 11.1 Å². The van der Waals surface area contributed by atoms with Gasteiger partial charge in [0.2, 0.25) is 0 Å². The van der Waals surface area contributed by atoms with E-state index in [0.29, 0.717) is 24.4 Å². The molecule has 0 amide bonds. The van der Waals surface area contributed by atoms with Gasteiger partial charge in [-0.1, -0.05) is 18.7 Å². The molecule has 2 aromatic rings. The van der Waals surface area contributed by atoms with Gasteiger partial charge in [-0.15, -0.1) is 0 Å².